The highest BCUT2D eigenvalue weighted by molar-refractivity contribution is 5.89. The molecular formula is C8H12N2O2. The summed E-state index contributed by atoms with van der Waals surface area (Å²) in [5.74, 6) is -0.321. The highest BCUT2D eigenvalue weighted by atomic mass is 16.5. The maximum Gasteiger partial charge on any atom is 0.335 e. The molecule has 0 bridgehead atoms. The van der Waals surface area contributed by atoms with Crippen LogP contribution in [-0.2, 0) is 9.53 Å². The molecule has 0 aromatic heterocycles. The van der Waals surface area contributed by atoms with Crippen molar-refractivity contribution in [2.75, 3.05) is 20.7 Å². The van der Waals surface area contributed by atoms with Crippen molar-refractivity contribution in [2.24, 2.45) is 5.73 Å². The number of likely N-dealkylation sites (N-methyl/N-ethyl adjacent to an activating group) is 1. The maximum atomic E-state index is 11.1. The Morgan fingerprint density at radius 2 is 2.42 bits per heavy atom. The van der Waals surface area contributed by atoms with E-state index in [9.17, 15) is 4.79 Å². The zero-order chi connectivity index (χ0) is 9.14. The predicted octanol–water partition coefficient (Wildman–Crippen LogP) is -0.169. The SMILES string of the molecule is COC(=O)C1=CC(N)=CN(C)C1. The van der Waals surface area contributed by atoms with Crippen LogP contribution in [-0.4, -0.2) is 31.6 Å². The van der Waals surface area contributed by atoms with Gasteiger partial charge < -0.3 is 15.4 Å². The van der Waals surface area contributed by atoms with Gasteiger partial charge in [-0.3, -0.25) is 0 Å². The molecule has 66 valence electrons. The van der Waals surface area contributed by atoms with E-state index in [1.54, 1.807) is 12.3 Å². The lowest BCUT2D eigenvalue weighted by Gasteiger charge is -2.20. The Morgan fingerprint density at radius 1 is 1.75 bits per heavy atom. The second-order valence-electron chi connectivity index (χ2n) is 2.71. The minimum atomic E-state index is -0.321. The van der Waals surface area contributed by atoms with Gasteiger partial charge in [0.25, 0.3) is 0 Å². The van der Waals surface area contributed by atoms with Gasteiger partial charge in [0.1, 0.15) is 0 Å². The van der Waals surface area contributed by atoms with Gasteiger partial charge >= 0.3 is 5.97 Å². The van der Waals surface area contributed by atoms with Crippen LogP contribution < -0.4 is 5.73 Å². The molecule has 4 heteroatoms. The molecule has 2 N–H and O–H groups in total. The lowest BCUT2D eigenvalue weighted by molar-refractivity contribution is -0.136. The first-order valence-electron chi connectivity index (χ1n) is 3.60. The second-order valence-corrected chi connectivity index (χ2v) is 2.71. The number of ether oxygens (including phenoxy) is 1. The second kappa shape index (κ2) is 3.30. The summed E-state index contributed by atoms with van der Waals surface area (Å²) < 4.78 is 4.57. The van der Waals surface area contributed by atoms with Crippen LogP contribution in [0.4, 0.5) is 0 Å². The average Bonchev–Trinajstić information content (AvgIpc) is 2.01. The summed E-state index contributed by atoms with van der Waals surface area (Å²) in [6.45, 7) is 0.549. The molecule has 1 aliphatic rings. The Bertz CT molecular complexity index is 256. The van der Waals surface area contributed by atoms with E-state index in [4.69, 9.17) is 5.73 Å². The molecule has 4 nitrogen and oxygen atoms in total. The molecule has 0 amide bonds. The molecule has 0 aromatic rings. The summed E-state index contributed by atoms with van der Waals surface area (Å²) in [6.07, 6.45) is 3.40. The smallest absolute Gasteiger partial charge is 0.335 e. The van der Waals surface area contributed by atoms with Crippen molar-refractivity contribution in [1.82, 2.24) is 4.90 Å². The van der Waals surface area contributed by atoms with Gasteiger partial charge in [0.2, 0.25) is 0 Å². The summed E-state index contributed by atoms with van der Waals surface area (Å²) >= 11 is 0. The zero-order valence-corrected chi connectivity index (χ0v) is 7.20. The highest BCUT2D eigenvalue weighted by Crippen LogP contribution is 2.09. The van der Waals surface area contributed by atoms with Gasteiger partial charge in [0.15, 0.2) is 0 Å². The van der Waals surface area contributed by atoms with Crippen LogP contribution in [0.1, 0.15) is 0 Å². The molecule has 0 radical (unpaired) electrons. The van der Waals surface area contributed by atoms with E-state index in [0.29, 0.717) is 17.8 Å². The van der Waals surface area contributed by atoms with E-state index < -0.39 is 0 Å². The molecule has 0 aromatic carbocycles. The summed E-state index contributed by atoms with van der Waals surface area (Å²) in [5.41, 5.74) is 6.70. The third kappa shape index (κ3) is 1.78. The van der Waals surface area contributed by atoms with Crippen molar-refractivity contribution in [3.05, 3.63) is 23.5 Å². The number of carbonyl (C=O) groups is 1. The van der Waals surface area contributed by atoms with Crippen molar-refractivity contribution in [2.45, 2.75) is 0 Å². The van der Waals surface area contributed by atoms with Crippen molar-refractivity contribution in [1.29, 1.82) is 0 Å². The summed E-state index contributed by atoms with van der Waals surface area (Å²) in [5, 5.41) is 0. The van der Waals surface area contributed by atoms with Gasteiger partial charge in [0.05, 0.1) is 12.7 Å². The normalized spacial score (nSPS) is 16.7. The Labute approximate surface area is 71.3 Å². The Hall–Kier alpha value is -1.45. The number of carbonyl (C=O) groups excluding carboxylic acids is 1. The number of rotatable bonds is 1. The fourth-order valence-electron chi connectivity index (χ4n) is 1.11. The van der Waals surface area contributed by atoms with E-state index >= 15 is 0 Å². The number of nitrogens with two attached hydrogens (primary N) is 1. The van der Waals surface area contributed by atoms with Crippen LogP contribution in [0.5, 0.6) is 0 Å². The highest BCUT2D eigenvalue weighted by Gasteiger charge is 2.14. The van der Waals surface area contributed by atoms with Crippen LogP contribution in [0.3, 0.4) is 0 Å². The third-order valence-corrected chi connectivity index (χ3v) is 1.58. The molecule has 0 saturated carbocycles. The van der Waals surface area contributed by atoms with Crippen molar-refractivity contribution in [3.63, 3.8) is 0 Å². The average molecular weight is 168 g/mol. The fraction of sp³-hybridized carbons (Fsp3) is 0.375. The molecule has 0 aliphatic carbocycles. The Balaban J connectivity index is 2.79. The standard InChI is InChI=1S/C8H12N2O2/c1-10-4-6(8(11)12-2)3-7(9)5-10/h3,5H,4,9H2,1-2H3. The number of nitrogens with zero attached hydrogens (tertiary/aromatic N) is 1. The van der Waals surface area contributed by atoms with Gasteiger partial charge in [-0.25, -0.2) is 4.79 Å². The lowest BCUT2D eigenvalue weighted by Crippen LogP contribution is -2.25. The van der Waals surface area contributed by atoms with Gasteiger partial charge in [0, 0.05) is 25.5 Å². The van der Waals surface area contributed by atoms with Crippen LogP contribution in [0.15, 0.2) is 23.5 Å². The molecule has 12 heavy (non-hydrogen) atoms. The van der Waals surface area contributed by atoms with Crippen LogP contribution in [0.25, 0.3) is 0 Å². The summed E-state index contributed by atoms with van der Waals surface area (Å²) in [7, 11) is 3.21. The minimum absolute atomic E-state index is 0.321. The number of esters is 1. The van der Waals surface area contributed by atoms with Crippen LogP contribution in [0, 0.1) is 0 Å². The van der Waals surface area contributed by atoms with Gasteiger partial charge in [-0.1, -0.05) is 0 Å². The van der Waals surface area contributed by atoms with Crippen LogP contribution >= 0.6 is 0 Å². The number of hydrogen-bond acceptors (Lipinski definition) is 4. The summed E-state index contributed by atoms with van der Waals surface area (Å²) in [6, 6.07) is 0. The monoisotopic (exact) mass is 168 g/mol. The molecule has 0 atom stereocenters. The van der Waals surface area contributed by atoms with E-state index in [0.717, 1.165) is 0 Å². The molecule has 0 unspecified atom stereocenters. The first kappa shape index (κ1) is 8.64. The quantitative estimate of drug-likeness (QED) is 0.552. The van der Waals surface area contributed by atoms with Gasteiger partial charge in [-0.15, -0.1) is 0 Å². The molecular weight excluding hydrogens is 156 g/mol. The zero-order valence-electron chi connectivity index (χ0n) is 7.20. The molecule has 1 rings (SSSR count). The van der Waals surface area contributed by atoms with Crippen molar-refractivity contribution in [3.8, 4) is 0 Å². The van der Waals surface area contributed by atoms with Gasteiger partial charge in [-0.05, 0) is 6.08 Å². The predicted molar refractivity (Wildman–Crippen MR) is 45.0 cm³/mol. The molecule has 1 heterocycles. The number of methoxy groups -OCH3 is 1. The topological polar surface area (TPSA) is 55.6 Å². The first-order valence-corrected chi connectivity index (χ1v) is 3.60. The molecule has 0 fully saturated rings. The Kier molecular flexibility index (Phi) is 2.38. The number of hydrogen-bond donors (Lipinski definition) is 1. The minimum Gasteiger partial charge on any atom is -0.466 e. The van der Waals surface area contributed by atoms with Crippen molar-refractivity contribution < 1.29 is 9.53 Å². The largest absolute Gasteiger partial charge is 0.466 e. The summed E-state index contributed by atoms with van der Waals surface area (Å²) in [4.78, 5) is 12.9. The van der Waals surface area contributed by atoms with Crippen LogP contribution in [0.2, 0.25) is 0 Å². The Morgan fingerprint density at radius 3 is 2.92 bits per heavy atom. The first-order chi connectivity index (χ1) is 5.63. The van der Waals surface area contributed by atoms with E-state index in [1.165, 1.54) is 7.11 Å². The lowest BCUT2D eigenvalue weighted by atomic mass is 10.1. The molecule has 1 aliphatic heterocycles. The number of allylic oxidation sites excluding steroid dienone is 1. The van der Waals surface area contributed by atoms with E-state index in [-0.39, 0.29) is 5.97 Å². The van der Waals surface area contributed by atoms with E-state index in [2.05, 4.69) is 4.74 Å². The molecule has 0 saturated heterocycles. The molecule has 0 spiro atoms. The van der Waals surface area contributed by atoms with Gasteiger partial charge in [-0.2, -0.15) is 0 Å². The van der Waals surface area contributed by atoms with Crippen molar-refractivity contribution >= 4 is 5.97 Å². The fourth-order valence-corrected chi connectivity index (χ4v) is 1.11. The third-order valence-electron chi connectivity index (χ3n) is 1.58. The van der Waals surface area contributed by atoms with E-state index in [1.807, 2.05) is 11.9 Å². The maximum absolute atomic E-state index is 11.1.